The molecule has 0 bridgehead atoms. The molecule has 4 rings (SSSR count). The van der Waals surface area contributed by atoms with Crippen molar-refractivity contribution in [2.75, 3.05) is 0 Å². The monoisotopic (exact) mass is 331 g/mol. The molecule has 2 heterocycles. The highest BCUT2D eigenvalue weighted by Gasteiger charge is 2.22. The first-order chi connectivity index (χ1) is 13.6. The molecule has 0 aliphatic carbocycles. The van der Waals surface area contributed by atoms with E-state index < -0.39 is 6.85 Å². The molecule has 25 heavy (non-hydrogen) atoms. The molecule has 3 heteroatoms. The summed E-state index contributed by atoms with van der Waals surface area (Å²) in [6, 6.07) is 9.11. The Kier molecular flexibility index (Phi) is 2.50. The van der Waals surface area contributed by atoms with Crippen LogP contribution in [-0.4, -0.2) is 0 Å². The number of pyridine rings is 1. The van der Waals surface area contributed by atoms with E-state index in [-0.39, 0.29) is 5.56 Å². The van der Waals surface area contributed by atoms with Gasteiger partial charge in [-0.3, -0.25) is 0 Å². The van der Waals surface area contributed by atoms with Crippen molar-refractivity contribution in [3.63, 3.8) is 0 Å². The molecule has 0 aliphatic heterocycles. The van der Waals surface area contributed by atoms with E-state index >= 15 is 0 Å². The van der Waals surface area contributed by atoms with Gasteiger partial charge in [-0.05, 0) is 43.5 Å². The van der Waals surface area contributed by atoms with Gasteiger partial charge in [-0.1, -0.05) is 18.2 Å². The second-order valence-corrected chi connectivity index (χ2v) is 6.31. The van der Waals surface area contributed by atoms with Crippen molar-refractivity contribution in [3.8, 4) is 11.3 Å². The van der Waals surface area contributed by atoms with E-state index in [0.717, 1.165) is 22.4 Å². The lowest BCUT2D eigenvalue weighted by Gasteiger charge is -2.08. The molecule has 2 aromatic heterocycles. The van der Waals surface area contributed by atoms with Crippen molar-refractivity contribution >= 4 is 27.6 Å². The maximum atomic E-state index is 8.04. The van der Waals surface area contributed by atoms with E-state index in [4.69, 9.17) is 16.5 Å². The second-order valence-electron chi connectivity index (χ2n) is 6.31. The Labute approximate surface area is 152 Å². The fraction of sp³-hybridized carbons (Fsp3) is 0.182. The Morgan fingerprint density at radius 1 is 1.20 bits per heavy atom. The third-order valence-electron chi connectivity index (χ3n) is 4.53. The van der Waals surface area contributed by atoms with Crippen LogP contribution in [0.3, 0.4) is 0 Å². The van der Waals surface area contributed by atoms with E-state index in [1.54, 1.807) is 30.5 Å². The smallest absolute Gasteiger partial charge is 0.216 e. The van der Waals surface area contributed by atoms with Crippen LogP contribution < -0.4 is 4.57 Å². The molecule has 0 radical (unpaired) electrons. The zero-order valence-electron chi connectivity index (χ0n) is 18.3. The maximum absolute atomic E-state index is 8.04. The molecule has 0 atom stereocenters. The predicted octanol–water partition coefficient (Wildman–Crippen LogP) is 5.55. The van der Waals surface area contributed by atoms with Crippen LogP contribution in [0.15, 0.2) is 47.0 Å². The van der Waals surface area contributed by atoms with Crippen molar-refractivity contribution in [1.82, 2.24) is 0 Å². The lowest BCUT2D eigenvalue weighted by molar-refractivity contribution is -0.660. The minimum absolute atomic E-state index is 0.236. The van der Waals surface area contributed by atoms with Crippen LogP contribution in [0.4, 0.5) is 5.69 Å². The van der Waals surface area contributed by atoms with Gasteiger partial charge < -0.3 is 4.42 Å². The first kappa shape index (κ1) is 11.4. The summed E-state index contributed by atoms with van der Waals surface area (Å²) in [6.45, 7) is 8.68. The number of rotatable bonds is 1. The molecule has 0 unspecified atom stereocenters. The van der Waals surface area contributed by atoms with Crippen molar-refractivity contribution in [2.24, 2.45) is 7.05 Å². The minimum atomic E-state index is -2.31. The van der Waals surface area contributed by atoms with Crippen LogP contribution in [-0.2, 0) is 7.05 Å². The molecule has 4 aromatic rings. The van der Waals surface area contributed by atoms with Crippen LogP contribution in [0.25, 0.3) is 38.0 Å². The third kappa shape index (κ3) is 2.30. The third-order valence-corrected chi connectivity index (χ3v) is 4.53. The van der Waals surface area contributed by atoms with Gasteiger partial charge in [-0.2, -0.15) is 0 Å². The summed E-state index contributed by atoms with van der Waals surface area (Å²) in [4.78, 5) is 3.45. The lowest BCUT2D eigenvalue weighted by atomic mass is 9.96. The van der Waals surface area contributed by atoms with E-state index in [0.29, 0.717) is 33.7 Å². The van der Waals surface area contributed by atoms with Gasteiger partial charge in [0.1, 0.15) is 18.2 Å². The Morgan fingerprint density at radius 2 is 2.04 bits per heavy atom. The quantitative estimate of drug-likeness (QED) is 0.331. The van der Waals surface area contributed by atoms with Crippen molar-refractivity contribution in [1.29, 1.82) is 0 Å². The molecule has 122 valence electrons. The van der Waals surface area contributed by atoms with Gasteiger partial charge in [0, 0.05) is 27.0 Å². The van der Waals surface area contributed by atoms with Gasteiger partial charge in [0.25, 0.3) is 0 Å². The number of aromatic nitrogens is 1. The lowest BCUT2D eigenvalue weighted by Crippen LogP contribution is -2.30. The van der Waals surface area contributed by atoms with Crippen LogP contribution in [0, 0.1) is 27.3 Å². The van der Waals surface area contributed by atoms with E-state index in [9.17, 15) is 0 Å². The highest BCUT2D eigenvalue weighted by Crippen LogP contribution is 2.40. The Balaban J connectivity index is 2.21. The normalized spacial score (nSPS) is 14.0. The van der Waals surface area contributed by atoms with Crippen molar-refractivity contribution < 1.29 is 14.5 Å². The number of hydrogen-bond donors (Lipinski definition) is 0. The second kappa shape index (κ2) is 5.46. The maximum Gasteiger partial charge on any atom is 0.216 e. The number of hydrogen-bond acceptors (Lipinski definition) is 1. The zero-order valence-corrected chi connectivity index (χ0v) is 14.3. The molecule has 0 saturated carbocycles. The van der Waals surface area contributed by atoms with Crippen LogP contribution in [0.1, 0.15) is 22.2 Å². The first-order valence-electron chi connectivity index (χ1n) is 9.97. The number of aryl methyl sites for hydroxylation is 4. The number of fused-ring (bicyclic) bond motifs is 3. The van der Waals surface area contributed by atoms with Crippen LogP contribution in [0.2, 0.25) is 0 Å². The molecule has 0 fully saturated rings. The van der Waals surface area contributed by atoms with Crippen LogP contribution in [0.5, 0.6) is 0 Å². The van der Waals surface area contributed by atoms with Crippen molar-refractivity contribution in [2.45, 2.75) is 20.7 Å². The summed E-state index contributed by atoms with van der Waals surface area (Å²) in [5.41, 5.74) is 4.87. The topological polar surface area (TPSA) is 21.4 Å². The largest absolute Gasteiger partial charge is 0.456 e. The molecule has 0 aliphatic rings. The SMILES string of the molecule is [2H]c1c[n+](C)c(-c2c(C)cc(C([2H])([2H])[2H])c3c2oc2cc([N+]#[C-])ccc23)cc1C. The molecule has 0 saturated heterocycles. The van der Waals surface area contributed by atoms with E-state index in [2.05, 4.69) is 4.85 Å². The fourth-order valence-electron chi connectivity index (χ4n) is 3.32. The average molecular weight is 331 g/mol. The minimum Gasteiger partial charge on any atom is -0.456 e. The Hall–Kier alpha value is -3.12. The fourth-order valence-corrected chi connectivity index (χ4v) is 3.32. The van der Waals surface area contributed by atoms with E-state index in [1.807, 2.05) is 31.5 Å². The van der Waals surface area contributed by atoms with Gasteiger partial charge in [-0.25, -0.2) is 9.41 Å². The summed E-state index contributed by atoms with van der Waals surface area (Å²) in [5, 5.41) is 1.22. The van der Waals surface area contributed by atoms with Crippen molar-refractivity contribution in [3.05, 3.63) is 70.7 Å². The summed E-state index contributed by atoms with van der Waals surface area (Å²) in [7, 11) is 1.86. The predicted molar refractivity (Wildman–Crippen MR) is 101 cm³/mol. The van der Waals surface area contributed by atoms with E-state index in [1.165, 1.54) is 0 Å². The number of furan rings is 1. The molecule has 3 nitrogen and oxygen atoms in total. The first-order valence-corrected chi connectivity index (χ1v) is 7.97. The van der Waals surface area contributed by atoms with Gasteiger partial charge in [0.05, 0.1) is 13.5 Å². The highest BCUT2D eigenvalue weighted by molar-refractivity contribution is 6.12. The Bertz CT molecular complexity index is 1340. The summed E-state index contributed by atoms with van der Waals surface area (Å²) in [5.74, 6) is 0. The molecule has 0 amide bonds. The van der Waals surface area contributed by atoms with Gasteiger partial charge in [-0.15, -0.1) is 0 Å². The number of nitrogens with zero attached hydrogens (tertiary/aromatic N) is 2. The zero-order chi connectivity index (χ0) is 21.1. The Morgan fingerprint density at radius 3 is 2.80 bits per heavy atom. The van der Waals surface area contributed by atoms with Gasteiger partial charge in [0.15, 0.2) is 11.9 Å². The molecular weight excluding hydrogens is 308 g/mol. The molecular formula is C22H19N2O+. The summed E-state index contributed by atoms with van der Waals surface area (Å²) >= 11 is 0. The van der Waals surface area contributed by atoms with Gasteiger partial charge in [0.2, 0.25) is 5.69 Å². The number of benzene rings is 2. The molecule has 2 aromatic carbocycles. The summed E-state index contributed by atoms with van der Waals surface area (Å²) < 4.78 is 40.2. The molecule has 0 N–H and O–H groups in total. The van der Waals surface area contributed by atoms with Gasteiger partial charge >= 0.3 is 0 Å². The summed E-state index contributed by atoms with van der Waals surface area (Å²) in [6.07, 6.45) is 1.73. The highest BCUT2D eigenvalue weighted by atomic mass is 16.3. The van der Waals surface area contributed by atoms with Crippen LogP contribution >= 0.6 is 0 Å². The standard InChI is InChI=1S/C22H19N2O/c1-13-8-9-24(5)18(10-13)21-15(3)11-14(2)20-17-7-6-16(23-4)12-19(17)25-22(20)21/h6-12H,1-3,5H3/q+1/i2D3,8D. The molecule has 0 spiro atoms. The average Bonchev–Trinajstić information content (AvgIpc) is 3.01.